The van der Waals surface area contributed by atoms with Gasteiger partial charge in [-0.1, -0.05) is 18.1 Å². The van der Waals surface area contributed by atoms with E-state index in [2.05, 4.69) is 40.1 Å². The van der Waals surface area contributed by atoms with Crippen LogP contribution in [0.1, 0.15) is 56.2 Å². The van der Waals surface area contributed by atoms with Crippen molar-refractivity contribution in [3.63, 3.8) is 0 Å². The van der Waals surface area contributed by atoms with Gasteiger partial charge >= 0.3 is 0 Å². The lowest BCUT2D eigenvalue weighted by atomic mass is 9.75. The molecule has 1 fully saturated rings. The third-order valence-electron chi connectivity index (χ3n) is 7.57. The molecule has 2 unspecified atom stereocenters. The quantitative estimate of drug-likeness (QED) is 0.428. The van der Waals surface area contributed by atoms with Crippen molar-refractivity contribution in [3.8, 4) is 17.6 Å². The highest BCUT2D eigenvalue weighted by Gasteiger charge is 2.56. The summed E-state index contributed by atoms with van der Waals surface area (Å²) in [6.45, 7) is 8.95. The highest BCUT2D eigenvalue weighted by atomic mass is 16.7. The Hall–Kier alpha value is -3.99. The van der Waals surface area contributed by atoms with Crippen molar-refractivity contribution in [2.24, 2.45) is 15.6 Å². The minimum absolute atomic E-state index is 0.158. The summed E-state index contributed by atoms with van der Waals surface area (Å²) in [5.41, 5.74) is 3.09. The number of hydrogen-bond donors (Lipinski definition) is 2. The Labute approximate surface area is 211 Å². The summed E-state index contributed by atoms with van der Waals surface area (Å²) in [5, 5.41) is 27.5. The zero-order valence-corrected chi connectivity index (χ0v) is 20.8. The third-order valence-corrected chi connectivity index (χ3v) is 7.57. The Balaban J connectivity index is 1.34. The average molecular weight is 486 g/mol. The van der Waals surface area contributed by atoms with E-state index in [0.29, 0.717) is 30.0 Å². The second-order valence-corrected chi connectivity index (χ2v) is 9.97. The Morgan fingerprint density at radius 1 is 1.33 bits per heavy atom. The van der Waals surface area contributed by atoms with Crippen LogP contribution in [0.25, 0.3) is 0 Å². The molecule has 1 spiro atoms. The van der Waals surface area contributed by atoms with Gasteiger partial charge in [0.25, 0.3) is 0 Å². The molecule has 2 aromatic rings. The first-order chi connectivity index (χ1) is 17.4. The van der Waals surface area contributed by atoms with E-state index < -0.39 is 5.72 Å². The molecular weight excluding hydrogens is 454 g/mol. The van der Waals surface area contributed by atoms with Gasteiger partial charge in [0.15, 0.2) is 5.84 Å². The lowest BCUT2D eigenvalue weighted by Gasteiger charge is -2.46. The number of hydrogen-bond acceptors (Lipinski definition) is 8. The summed E-state index contributed by atoms with van der Waals surface area (Å²) in [5.74, 6) is 1.88. The van der Waals surface area contributed by atoms with E-state index >= 15 is 0 Å². The number of benzene rings is 2. The van der Waals surface area contributed by atoms with Gasteiger partial charge in [-0.25, -0.2) is 0 Å². The average Bonchev–Trinajstić information content (AvgIpc) is 3.27. The van der Waals surface area contributed by atoms with Gasteiger partial charge in [-0.3, -0.25) is 4.99 Å². The summed E-state index contributed by atoms with van der Waals surface area (Å²) in [6, 6.07) is 13.5. The van der Waals surface area contributed by atoms with Crippen LogP contribution in [0.4, 0.5) is 5.69 Å². The molecule has 3 heterocycles. The highest BCUT2D eigenvalue weighted by Crippen LogP contribution is 2.51. The molecule has 3 aliphatic rings. The van der Waals surface area contributed by atoms with E-state index in [1.165, 1.54) is 0 Å². The van der Waals surface area contributed by atoms with Crippen molar-refractivity contribution in [1.29, 1.82) is 5.26 Å². The number of aryl methyl sites for hydroxylation is 1. The van der Waals surface area contributed by atoms with E-state index in [1.807, 2.05) is 37.3 Å². The number of ether oxygens (including phenoxy) is 1. The number of nitrogens with one attached hydrogen (secondary N) is 1. The van der Waals surface area contributed by atoms with Gasteiger partial charge in [0.05, 0.1) is 35.2 Å². The number of aromatic hydroxyl groups is 1. The lowest BCUT2D eigenvalue weighted by molar-refractivity contribution is -0.130. The number of amidine groups is 1. The number of allylic oxidation sites excluding steroid dienone is 1. The topological polar surface area (TPSA) is 102 Å². The maximum atomic E-state index is 10.5. The van der Waals surface area contributed by atoms with Crippen LogP contribution in [0.2, 0.25) is 0 Å². The van der Waals surface area contributed by atoms with Gasteiger partial charge in [0, 0.05) is 24.6 Å². The van der Waals surface area contributed by atoms with Gasteiger partial charge in [-0.2, -0.15) is 5.26 Å². The number of oxime groups is 1. The number of anilines is 1. The van der Waals surface area contributed by atoms with Crippen LogP contribution < -0.4 is 10.1 Å². The fourth-order valence-electron chi connectivity index (χ4n) is 5.43. The van der Waals surface area contributed by atoms with E-state index in [1.54, 1.807) is 12.3 Å². The van der Waals surface area contributed by atoms with E-state index in [9.17, 15) is 10.4 Å². The van der Waals surface area contributed by atoms with Crippen molar-refractivity contribution >= 4 is 18.2 Å². The molecule has 2 aromatic carbocycles. The van der Waals surface area contributed by atoms with Crippen LogP contribution in [0.3, 0.4) is 0 Å². The second-order valence-electron chi connectivity index (χ2n) is 9.97. The fraction of sp³-hybridized carbons (Fsp3) is 0.393. The number of piperidine rings is 1. The molecule has 0 bridgehead atoms. The molecule has 0 amide bonds. The number of fused-ring (bicyclic) bond motifs is 4. The first-order valence-corrected chi connectivity index (χ1v) is 12.3. The van der Waals surface area contributed by atoms with Crippen LogP contribution in [0.15, 0.2) is 58.4 Å². The predicted octanol–water partition coefficient (Wildman–Crippen LogP) is 5.25. The molecule has 0 aliphatic carbocycles. The molecular formula is C28H31N5O3. The smallest absolute Gasteiger partial charge is 0.243 e. The second kappa shape index (κ2) is 9.23. The highest BCUT2D eigenvalue weighted by molar-refractivity contribution is 5.90. The van der Waals surface area contributed by atoms with Crippen molar-refractivity contribution < 1.29 is 14.7 Å². The number of nitrogens with zero attached hydrogens (tertiary/aromatic N) is 4. The van der Waals surface area contributed by atoms with Gasteiger partial charge < -0.3 is 24.9 Å². The van der Waals surface area contributed by atoms with Gasteiger partial charge in [0.2, 0.25) is 5.72 Å². The van der Waals surface area contributed by atoms with Gasteiger partial charge in [-0.05, 0) is 75.2 Å². The van der Waals surface area contributed by atoms with Gasteiger partial charge in [0.1, 0.15) is 11.5 Å². The number of rotatable bonds is 6. The molecule has 0 aromatic heterocycles. The first-order valence-electron chi connectivity index (χ1n) is 12.3. The van der Waals surface area contributed by atoms with Crippen LogP contribution >= 0.6 is 0 Å². The molecule has 8 heteroatoms. The maximum Gasteiger partial charge on any atom is 0.243 e. The minimum atomic E-state index is -0.684. The van der Waals surface area contributed by atoms with Crippen molar-refractivity contribution in [2.75, 3.05) is 18.5 Å². The SMILES string of the molecule is C=N/C(C)=C\Nc1ccc(CCC2(C)CCCN3C2=NOC32CCOc3cc(C#N)ccc32)cc1O. The largest absolute Gasteiger partial charge is 0.506 e. The third kappa shape index (κ3) is 4.05. The van der Waals surface area contributed by atoms with E-state index in [4.69, 9.17) is 9.57 Å². The summed E-state index contributed by atoms with van der Waals surface area (Å²) in [7, 11) is 0. The molecule has 36 heavy (non-hydrogen) atoms. The molecule has 1 saturated heterocycles. The lowest BCUT2D eigenvalue weighted by Crippen LogP contribution is -2.55. The van der Waals surface area contributed by atoms with E-state index in [0.717, 1.165) is 54.9 Å². The monoisotopic (exact) mass is 485 g/mol. The number of nitriles is 1. The predicted molar refractivity (Wildman–Crippen MR) is 139 cm³/mol. The number of phenols is 1. The summed E-state index contributed by atoms with van der Waals surface area (Å²) in [4.78, 5) is 12.4. The molecule has 5 rings (SSSR count). The van der Waals surface area contributed by atoms with Crippen molar-refractivity contribution in [3.05, 3.63) is 65.0 Å². The van der Waals surface area contributed by atoms with E-state index in [-0.39, 0.29) is 11.2 Å². The minimum Gasteiger partial charge on any atom is -0.506 e. The zero-order chi connectivity index (χ0) is 25.3. The molecule has 2 atom stereocenters. The summed E-state index contributed by atoms with van der Waals surface area (Å²) >= 11 is 0. The fourth-order valence-corrected chi connectivity index (χ4v) is 5.43. The standard InChI is InChI=1S/C28H31N5O3/c1-19(30-3)18-31-23-8-6-20(15-24(23)34)9-11-27(2)10-4-13-33-26(27)32-36-28(33)12-14-35-25-16-21(17-29)5-7-22(25)28/h5-8,15-16,18,31,34H,3-4,9-14H2,1-2H3/b19-18-. The Bertz CT molecular complexity index is 1300. The van der Waals surface area contributed by atoms with Crippen molar-refractivity contribution in [1.82, 2.24) is 4.90 Å². The van der Waals surface area contributed by atoms with Crippen LogP contribution in [-0.2, 0) is 17.0 Å². The molecule has 8 nitrogen and oxygen atoms in total. The van der Waals surface area contributed by atoms with Crippen molar-refractivity contribution in [2.45, 2.75) is 51.7 Å². The normalized spacial score (nSPS) is 24.6. The van der Waals surface area contributed by atoms with Crippen LogP contribution in [0, 0.1) is 16.7 Å². The summed E-state index contributed by atoms with van der Waals surface area (Å²) in [6.07, 6.45) is 6.12. The molecule has 2 N–H and O–H groups in total. The van der Waals surface area contributed by atoms with Gasteiger partial charge in [-0.15, -0.1) is 0 Å². The molecule has 3 aliphatic heterocycles. The van der Waals surface area contributed by atoms with Crippen LogP contribution in [-0.4, -0.2) is 35.7 Å². The Morgan fingerprint density at radius 2 is 2.19 bits per heavy atom. The first kappa shape index (κ1) is 23.7. The molecule has 0 saturated carbocycles. The number of aliphatic imine (C=N–C) groups is 1. The Morgan fingerprint density at radius 3 is 2.97 bits per heavy atom. The summed E-state index contributed by atoms with van der Waals surface area (Å²) < 4.78 is 5.90. The molecule has 0 radical (unpaired) electrons. The molecule has 186 valence electrons. The maximum absolute atomic E-state index is 10.5. The zero-order valence-electron chi connectivity index (χ0n) is 20.8. The Kier molecular flexibility index (Phi) is 6.09. The van der Waals surface area contributed by atoms with Crippen LogP contribution in [0.5, 0.6) is 11.5 Å². The number of phenolic OH excluding ortho intramolecular Hbond substituents is 1.